The van der Waals surface area contributed by atoms with Crippen LogP contribution in [0, 0.1) is 11.6 Å². The van der Waals surface area contributed by atoms with Crippen LogP contribution in [0.3, 0.4) is 0 Å². The van der Waals surface area contributed by atoms with E-state index in [1.165, 1.54) is 32.3 Å². The number of aromatic nitrogens is 2. The smallest absolute Gasteiger partial charge is 0.242 e. The van der Waals surface area contributed by atoms with Gasteiger partial charge in [-0.1, -0.05) is 0 Å². The third kappa shape index (κ3) is 2.91. The van der Waals surface area contributed by atoms with E-state index in [1.807, 2.05) is 11.5 Å². The number of halogens is 2. The number of imidazole rings is 1. The average molecular weight is 365 g/mol. The number of fused-ring (bicyclic) bond motifs is 1. The molecule has 0 aliphatic carbocycles. The number of rotatable bonds is 4. The first-order valence-electron chi connectivity index (χ1n) is 7.64. The first-order valence-corrected chi connectivity index (χ1v) is 9.08. The Labute approximate surface area is 144 Å². The molecule has 1 aromatic heterocycles. The molecule has 0 saturated heterocycles. The predicted molar refractivity (Wildman–Crippen MR) is 91.6 cm³/mol. The van der Waals surface area contributed by atoms with Crippen molar-refractivity contribution in [3.05, 3.63) is 48.0 Å². The molecule has 8 heteroatoms. The van der Waals surface area contributed by atoms with Crippen molar-refractivity contribution in [1.82, 2.24) is 13.9 Å². The summed E-state index contributed by atoms with van der Waals surface area (Å²) in [5.41, 5.74) is 1.62. The largest absolute Gasteiger partial charge is 0.324 e. The van der Waals surface area contributed by atoms with Crippen molar-refractivity contribution in [3.63, 3.8) is 0 Å². The third-order valence-electron chi connectivity index (χ3n) is 3.99. The molecular formula is C17H17F2N3O2S. The Kier molecular flexibility index (Phi) is 4.34. The molecule has 0 fully saturated rings. The molecule has 132 valence electrons. The fourth-order valence-electron chi connectivity index (χ4n) is 2.66. The number of hydrogen-bond donors (Lipinski definition) is 0. The summed E-state index contributed by atoms with van der Waals surface area (Å²) < 4.78 is 54.3. The summed E-state index contributed by atoms with van der Waals surface area (Å²) in [6.45, 7) is 2.44. The lowest BCUT2D eigenvalue weighted by Crippen LogP contribution is -2.22. The fourth-order valence-corrected chi connectivity index (χ4v) is 3.58. The molecule has 3 rings (SSSR count). The van der Waals surface area contributed by atoms with Gasteiger partial charge in [0, 0.05) is 26.2 Å². The Morgan fingerprint density at radius 1 is 1.08 bits per heavy atom. The van der Waals surface area contributed by atoms with Gasteiger partial charge in [0.1, 0.15) is 5.82 Å². The summed E-state index contributed by atoms with van der Waals surface area (Å²) >= 11 is 0. The van der Waals surface area contributed by atoms with Crippen LogP contribution >= 0.6 is 0 Å². The summed E-state index contributed by atoms with van der Waals surface area (Å²) in [4.78, 5) is 4.58. The summed E-state index contributed by atoms with van der Waals surface area (Å²) in [5.74, 6) is -1.43. The van der Waals surface area contributed by atoms with Crippen molar-refractivity contribution < 1.29 is 17.2 Å². The normalized spacial score (nSPS) is 12.2. The number of benzene rings is 2. The second-order valence-corrected chi connectivity index (χ2v) is 7.90. The molecule has 5 nitrogen and oxygen atoms in total. The van der Waals surface area contributed by atoms with Crippen LogP contribution in [0.2, 0.25) is 0 Å². The number of nitrogens with zero attached hydrogens (tertiary/aromatic N) is 3. The highest BCUT2D eigenvalue weighted by Gasteiger charge is 2.20. The van der Waals surface area contributed by atoms with Gasteiger partial charge in [-0.05, 0) is 43.3 Å². The second-order valence-electron chi connectivity index (χ2n) is 5.75. The van der Waals surface area contributed by atoms with Gasteiger partial charge in [0.2, 0.25) is 10.0 Å². The van der Waals surface area contributed by atoms with E-state index in [2.05, 4.69) is 4.98 Å². The maximum atomic E-state index is 13.6. The second kappa shape index (κ2) is 6.20. The molecule has 0 unspecified atom stereocenters. The monoisotopic (exact) mass is 365 g/mol. The van der Waals surface area contributed by atoms with Gasteiger partial charge in [0.25, 0.3) is 0 Å². The van der Waals surface area contributed by atoms with Crippen molar-refractivity contribution >= 4 is 21.1 Å². The van der Waals surface area contributed by atoms with Gasteiger partial charge in [-0.3, -0.25) is 0 Å². The Bertz CT molecular complexity index is 1060. The van der Waals surface area contributed by atoms with Crippen LogP contribution < -0.4 is 0 Å². The lowest BCUT2D eigenvalue weighted by atomic mass is 10.2. The van der Waals surface area contributed by atoms with Gasteiger partial charge < -0.3 is 4.57 Å². The van der Waals surface area contributed by atoms with E-state index in [0.29, 0.717) is 23.4 Å². The summed E-state index contributed by atoms with van der Waals surface area (Å²) in [6, 6.07) is 8.25. The lowest BCUT2D eigenvalue weighted by molar-refractivity contribution is 0.509. The van der Waals surface area contributed by atoms with Crippen molar-refractivity contribution in [2.24, 2.45) is 0 Å². The maximum absolute atomic E-state index is 13.6. The molecule has 0 N–H and O–H groups in total. The predicted octanol–water partition coefficient (Wildman–Crippen LogP) is 3.25. The minimum Gasteiger partial charge on any atom is -0.324 e. The average Bonchev–Trinajstić information content (AvgIpc) is 2.94. The molecule has 0 radical (unpaired) electrons. The molecule has 0 atom stereocenters. The summed E-state index contributed by atoms with van der Waals surface area (Å²) in [7, 11) is -0.671. The van der Waals surface area contributed by atoms with E-state index in [4.69, 9.17) is 0 Å². The van der Waals surface area contributed by atoms with Gasteiger partial charge in [0.15, 0.2) is 11.6 Å². The number of hydrogen-bond acceptors (Lipinski definition) is 3. The van der Waals surface area contributed by atoms with Crippen LogP contribution in [0.15, 0.2) is 41.3 Å². The first-order chi connectivity index (χ1) is 11.8. The van der Waals surface area contributed by atoms with E-state index in [-0.39, 0.29) is 4.90 Å². The zero-order chi connectivity index (χ0) is 18.4. The molecular weight excluding hydrogens is 348 g/mol. The Morgan fingerprint density at radius 3 is 2.40 bits per heavy atom. The molecule has 0 amide bonds. The molecule has 0 aliphatic heterocycles. The molecule has 1 heterocycles. The molecule has 0 spiro atoms. The summed E-state index contributed by atoms with van der Waals surface area (Å²) in [6.07, 6.45) is 0. The summed E-state index contributed by atoms with van der Waals surface area (Å²) in [5, 5.41) is 0. The minimum absolute atomic E-state index is 0.127. The Morgan fingerprint density at radius 2 is 1.80 bits per heavy atom. The van der Waals surface area contributed by atoms with Crippen LogP contribution in [-0.2, 0) is 16.6 Å². The SMILES string of the molecule is CCn1c(-c2ccc(F)c(F)c2)nc2cc(S(=O)(=O)N(C)C)ccc21. The van der Waals surface area contributed by atoms with E-state index >= 15 is 0 Å². The topological polar surface area (TPSA) is 55.2 Å². The van der Waals surface area contributed by atoms with Crippen molar-refractivity contribution in [2.45, 2.75) is 18.4 Å². The van der Waals surface area contributed by atoms with Crippen molar-refractivity contribution in [3.8, 4) is 11.4 Å². The van der Waals surface area contributed by atoms with Gasteiger partial charge in [-0.25, -0.2) is 26.5 Å². The highest BCUT2D eigenvalue weighted by atomic mass is 32.2. The van der Waals surface area contributed by atoms with Gasteiger partial charge in [-0.15, -0.1) is 0 Å². The van der Waals surface area contributed by atoms with Crippen LogP contribution in [0.5, 0.6) is 0 Å². The zero-order valence-electron chi connectivity index (χ0n) is 14.0. The van der Waals surface area contributed by atoms with E-state index < -0.39 is 21.7 Å². The molecule has 3 aromatic rings. The quantitative estimate of drug-likeness (QED) is 0.713. The van der Waals surface area contributed by atoms with Gasteiger partial charge in [-0.2, -0.15) is 0 Å². The fraction of sp³-hybridized carbons (Fsp3) is 0.235. The first kappa shape index (κ1) is 17.5. The zero-order valence-corrected chi connectivity index (χ0v) is 14.8. The minimum atomic E-state index is -3.58. The Balaban J connectivity index is 2.22. The molecule has 2 aromatic carbocycles. The highest BCUT2D eigenvalue weighted by molar-refractivity contribution is 7.89. The number of aryl methyl sites for hydroxylation is 1. The van der Waals surface area contributed by atoms with E-state index in [0.717, 1.165) is 22.0 Å². The van der Waals surface area contributed by atoms with Gasteiger partial charge in [0.05, 0.1) is 15.9 Å². The van der Waals surface area contributed by atoms with Crippen LogP contribution in [0.4, 0.5) is 8.78 Å². The Hall–Kier alpha value is -2.32. The molecule has 0 saturated carbocycles. The van der Waals surface area contributed by atoms with Crippen LogP contribution in [-0.4, -0.2) is 36.4 Å². The molecule has 0 bridgehead atoms. The lowest BCUT2D eigenvalue weighted by Gasteiger charge is -2.11. The van der Waals surface area contributed by atoms with E-state index in [1.54, 1.807) is 6.07 Å². The molecule has 25 heavy (non-hydrogen) atoms. The molecule has 0 aliphatic rings. The standard InChI is InChI=1S/C17H17F2N3O2S/c1-4-22-16-8-6-12(25(23,24)21(2)3)10-15(16)20-17(22)11-5-7-13(18)14(19)9-11/h5-10H,4H2,1-3H3. The van der Waals surface area contributed by atoms with Crippen LogP contribution in [0.1, 0.15) is 6.92 Å². The number of sulfonamides is 1. The third-order valence-corrected chi connectivity index (χ3v) is 5.80. The maximum Gasteiger partial charge on any atom is 0.242 e. The van der Waals surface area contributed by atoms with Gasteiger partial charge >= 0.3 is 0 Å². The van der Waals surface area contributed by atoms with Crippen molar-refractivity contribution in [2.75, 3.05) is 14.1 Å². The van der Waals surface area contributed by atoms with Crippen molar-refractivity contribution in [1.29, 1.82) is 0 Å². The highest BCUT2D eigenvalue weighted by Crippen LogP contribution is 2.28. The van der Waals surface area contributed by atoms with E-state index in [9.17, 15) is 17.2 Å². The van der Waals surface area contributed by atoms with Crippen LogP contribution in [0.25, 0.3) is 22.4 Å².